The van der Waals surface area contributed by atoms with Crippen LogP contribution in [0.3, 0.4) is 0 Å². The van der Waals surface area contributed by atoms with Crippen LogP contribution in [0.4, 0.5) is 0 Å². The first-order valence-electron chi connectivity index (χ1n) is 4.35. The molecular weight excluding hydrogens is 162 g/mol. The fourth-order valence-electron chi connectivity index (χ4n) is 1.61. The van der Waals surface area contributed by atoms with Crippen molar-refractivity contribution in [2.45, 2.75) is 13.0 Å². The first-order chi connectivity index (χ1) is 6.20. The molecule has 0 saturated heterocycles. The minimum Gasteiger partial charge on any atom is -0.335 e. The van der Waals surface area contributed by atoms with Gasteiger partial charge in [-0.25, -0.2) is 4.98 Å². The van der Waals surface area contributed by atoms with Crippen molar-refractivity contribution in [2.75, 3.05) is 0 Å². The van der Waals surface area contributed by atoms with Crippen LogP contribution in [0.2, 0.25) is 0 Å². The first kappa shape index (κ1) is 8.26. The maximum Gasteiger partial charge on any atom is 0.139 e. The molecule has 2 aromatic heterocycles. The molecule has 0 radical (unpaired) electrons. The normalized spacial score (nSPS) is 13.5. The predicted octanol–water partition coefficient (Wildman–Crippen LogP) is 1.59. The Morgan fingerprint density at radius 3 is 3.00 bits per heavy atom. The maximum atomic E-state index is 5.85. The van der Waals surface area contributed by atoms with Crippen molar-refractivity contribution in [3.8, 4) is 0 Å². The number of nitrogens with two attached hydrogens (primary N) is 1. The molecule has 0 unspecified atom stereocenters. The molecule has 0 spiro atoms. The van der Waals surface area contributed by atoms with Gasteiger partial charge in [0.1, 0.15) is 5.65 Å². The topological polar surface area (TPSA) is 43.8 Å². The minimum atomic E-state index is 0.0629. The third-order valence-electron chi connectivity index (χ3n) is 2.26. The smallest absolute Gasteiger partial charge is 0.139 e. The summed E-state index contributed by atoms with van der Waals surface area (Å²) < 4.78 is 2.01. The van der Waals surface area contributed by atoms with E-state index in [1.54, 1.807) is 6.20 Å². The Bertz CT molecular complexity index is 429. The molecule has 13 heavy (non-hydrogen) atoms. The predicted molar refractivity (Wildman–Crippen MR) is 53.3 cm³/mol. The van der Waals surface area contributed by atoms with Crippen LogP contribution in [0.5, 0.6) is 0 Å². The van der Waals surface area contributed by atoms with Gasteiger partial charge in [0.2, 0.25) is 0 Å². The maximum absolute atomic E-state index is 5.85. The van der Waals surface area contributed by atoms with Gasteiger partial charge >= 0.3 is 0 Å². The van der Waals surface area contributed by atoms with Crippen LogP contribution in [0.25, 0.3) is 11.0 Å². The lowest BCUT2D eigenvalue weighted by Gasteiger charge is -2.00. The highest BCUT2D eigenvalue weighted by Gasteiger charge is 2.09. The first-order valence-corrected chi connectivity index (χ1v) is 4.35. The highest BCUT2D eigenvalue weighted by molar-refractivity contribution is 5.80. The van der Waals surface area contributed by atoms with Crippen molar-refractivity contribution >= 4 is 11.0 Å². The number of aryl methyl sites for hydroxylation is 1. The molecule has 0 aromatic carbocycles. The molecule has 0 aliphatic carbocycles. The number of hydrogen-bond donors (Lipinski definition) is 1. The van der Waals surface area contributed by atoms with Gasteiger partial charge in [0, 0.05) is 30.9 Å². The highest BCUT2D eigenvalue weighted by Crippen LogP contribution is 2.22. The summed E-state index contributed by atoms with van der Waals surface area (Å²) in [6, 6.07) is 4.06. The fourth-order valence-corrected chi connectivity index (χ4v) is 1.61. The standard InChI is InChI=1S/C10H13N3/c1-7(11)9-6-13(2)10-8(9)4-3-5-12-10/h3-7H,11H2,1-2H3/t7-/m0/s1. The van der Waals surface area contributed by atoms with Gasteiger partial charge in [-0.15, -0.1) is 0 Å². The number of pyridine rings is 1. The molecule has 1 atom stereocenters. The Kier molecular flexibility index (Phi) is 1.81. The molecule has 2 N–H and O–H groups in total. The van der Waals surface area contributed by atoms with E-state index >= 15 is 0 Å². The van der Waals surface area contributed by atoms with E-state index in [9.17, 15) is 0 Å². The van der Waals surface area contributed by atoms with Crippen LogP contribution >= 0.6 is 0 Å². The molecule has 0 fully saturated rings. The van der Waals surface area contributed by atoms with Crippen molar-refractivity contribution in [1.82, 2.24) is 9.55 Å². The third-order valence-corrected chi connectivity index (χ3v) is 2.26. The van der Waals surface area contributed by atoms with Crippen LogP contribution in [0.15, 0.2) is 24.5 Å². The van der Waals surface area contributed by atoms with Crippen molar-refractivity contribution in [1.29, 1.82) is 0 Å². The summed E-state index contributed by atoms with van der Waals surface area (Å²) in [5.41, 5.74) is 8.01. The van der Waals surface area contributed by atoms with E-state index in [1.165, 1.54) is 0 Å². The summed E-state index contributed by atoms with van der Waals surface area (Å²) in [7, 11) is 1.99. The van der Waals surface area contributed by atoms with E-state index in [0.29, 0.717) is 0 Å². The summed E-state index contributed by atoms with van der Waals surface area (Å²) in [4.78, 5) is 4.29. The van der Waals surface area contributed by atoms with E-state index < -0.39 is 0 Å². The number of nitrogens with zero attached hydrogens (tertiary/aromatic N) is 2. The van der Waals surface area contributed by atoms with Gasteiger partial charge in [0.15, 0.2) is 0 Å². The number of hydrogen-bond acceptors (Lipinski definition) is 2. The molecule has 2 aromatic rings. The van der Waals surface area contributed by atoms with Crippen LogP contribution in [0, 0.1) is 0 Å². The highest BCUT2D eigenvalue weighted by atomic mass is 15.0. The molecule has 3 heteroatoms. The number of aromatic nitrogens is 2. The van der Waals surface area contributed by atoms with E-state index in [2.05, 4.69) is 11.1 Å². The average molecular weight is 175 g/mol. The molecule has 0 aliphatic heterocycles. The largest absolute Gasteiger partial charge is 0.335 e. The molecule has 3 nitrogen and oxygen atoms in total. The van der Waals surface area contributed by atoms with Crippen molar-refractivity contribution < 1.29 is 0 Å². The molecule has 0 amide bonds. The van der Waals surface area contributed by atoms with Gasteiger partial charge in [-0.1, -0.05) is 0 Å². The summed E-state index contributed by atoms with van der Waals surface area (Å²) >= 11 is 0. The molecule has 2 rings (SSSR count). The van der Waals surface area contributed by atoms with Crippen molar-refractivity contribution in [2.24, 2.45) is 12.8 Å². The zero-order valence-electron chi connectivity index (χ0n) is 7.86. The van der Waals surface area contributed by atoms with E-state index in [4.69, 9.17) is 5.73 Å². The SMILES string of the molecule is C[C@H](N)c1cn(C)c2ncccc12. The third kappa shape index (κ3) is 1.21. The Balaban J connectivity index is 2.78. The molecule has 68 valence electrons. The van der Waals surface area contributed by atoms with Crippen LogP contribution in [0.1, 0.15) is 18.5 Å². The summed E-state index contributed by atoms with van der Waals surface area (Å²) in [5.74, 6) is 0. The summed E-state index contributed by atoms with van der Waals surface area (Å²) in [5, 5.41) is 1.15. The average Bonchev–Trinajstić information content (AvgIpc) is 2.45. The quantitative estimate of drug-likeness (QED) is 0.715. The van der Waals surface area contributed by atoms with Gasteiger partial charge in [-0.2, -0.15) is 0 Å². The van der Waals surface area contributed by atoms with E-state index in [-0.39, 0.29) is 6.04 Å². The number of fused-ring (bicyclic) bond motifs is 1. The number of rotatable bonds is 1. The van der Waals surface area contributed by atoms with Crippen LogP contribution in [-0.2, 0) is 7.05 Å². The Morgan fingerprint density at radius 1 is 1.54 bits per heavy atom. The van der Waals surface area contributed by atoms with Gasteiger partial charge in [-0.05, 0) is 24.6 Å². The van der Waals surface area contributed by atoms with Crippen LogP contribution in [-0.4, -0.2) is 9.55 Å². The lowest BCUT2D eigenvalue weighted by Crippen LogP contribution is -2.03. The Hall–Kier alpha value is -1.35. The molecule has 0 bridgehead atoms. The van der Waals surface area contributed by atoms with E-state index in [0.717, 1.165) is 16.6 Å². The minimum absolute atomic E-state index is 0.0629. The summed E-state index contributed by atoms with van der Waals surface area (Å²) in [6.07, 6.45) is 3.84. The Labute approximate surface area is 77.2 Å². The zero-order valence-corrected chi connectivity index (χ0v) is 7.86. The molecule has 0 aliphatic rings. The van der Waals surface area contributed by atoms with Gasteiger partial charge in [-0.3, -0.25) is 0 Å². The molecule has 0 saturated carbocycles. The molecule has 2 heterocycles. The van der Waals surface area contributed by atoms with Gasteiger partial charge < -0.3 is 10.3 Å². The second-order valence-corrected chi connectivity index (χ2v) is 3.36. The van der Waals surface area contributed by atoms with Gasteiger partial charge in [0.25, 0.3) is 0 Å². The second kappa shape index (κ2) is 2.85. The van der Waals surface area contributed by atoms with Crippen LogP contribution < -0.4 is 5.73 Å². The second-order valence-electron chi connectivity index (χ2n) is 3.36. The monoisotopic (exact) mass is 175 g/mol. The Morgan fingerprint density at radius 2 is 2.31 bits per heavy atom. The molecular formula is C10H13N3. The summed E-state index contributed by atoms with van der Waals surface area (Å²) in [6.45, 7) is 1.99. The van der Waals surface area contributed by atoms with Gasteiger partial charge in [0.05, 0.1) is 0 Å². The lowest BCUT2D eigenvalue weighted by molar-refractivity contribution is 0.814. The van der Waals surface area contributed by atoms with E-state index in [1.807, 2.05) is 30.8 Å². The lowest BCUT2D eigenvalue weighted by atomic mass is 10.1. The zero-order chi connectivity index (χ0) is 9.42. The van der Waals surface area contributed by atoms with Crippen molar-refractivity contribution in [3.63, 3.8) is 0 Å². The van der Waals surface area contributed by atoms with Crippen molar-refractivity contribution in [3.05, 3.63) is 30.1 Å². The fraction of sp³-hybridized carbons (Fsp3) is 0.300.